The van der Waals surface area contributed by atoms with Gasteiger partial charge in [-0.25, -0.2) is 0 Å². The molecule has 2 saturated carbocycles. The molecule has 4 nitrogen and oxygen atoms in total. The smallest absolute Gasteiger partial charge is 0.228 e. The lowest BCUT2D eigenvalue weighted by Crippen LogP contribution is -2.29. The first kappa shape index (κ1) is 14.1. The van der Waals surface area contributed by atoms with E-state index in [1.807, 2.05) is 7.05 Å². The SMILES string of the molecule is CNC(Cc1nc(C2CCCCCCC2)no1)C1CC1. The number of nitrogens with zero attached hydrogens (tertiary/aromatic N) is 2. The molecule has 1 unspecified atom stereocenters. The molecule has 3 rings (SSSR count). The topological polar surface area (TPSA) is 51.0 Å². The number of nitrogens with one attached hydrogen (secondary N) is 1. The van der Waals surface area contributed by atoms with E-state index in [0.717, 1.165) is 24.1 Å². The Morgan fingerprint density at radius 2 is 1.80 bits per heavy atom. The number of hydrogen-bond donors (Lipinski definition) is 1. The molecule has 112 valence electrons. The summed E-state index contributed by atoms with van der Waals surface area (Å²) in [7, 11) is 2.04. The van der Waals surface area contributed by atoms with Gasteiger partial charge in [-0.05, 0) is 38.6 Å². The Balaban J connectivity index is 1.59. The Morgan fingerprint density at radius 1 is 1.10 bits per heavy atom. The lowest BCUT2D eigenvalue weighted by molar-refractivity contribution is 0.342. The fourth-order valence-electron chi connectivity index (χ4n) is 3.42. The molecule has 0 aliphatic heterocycles. The van der Waals surface area contributed by atoms with Crippen molar-refractivity contribution in [1.82, 2.24) is 15.5 Å². The summed E-state index contributed by atoms with van der Waals surface area (Å²) >= 11 is 0. The van der Waals surface area contributed by atoms with Crippen molar-refractivity contribution < 1.29 is 4.52 Å². The zero-order valence-electron chi connectivity index (χ0n) is 12.6. The Hall–Kier alpha value is -0.900. The second-order valence-electron chi connectivity index (χ2n) is 6.53. The van der Waals surface area contributed by atoms with Gasteiger partial charge in [0.2, 0.25) is 5.89 Å². The highest BCUT2D eigenvalue weighted by atomic mass is 16.5. The largest absolute Gasteiger partial charge is 0.339 e. The monoisotopic (exact) mass is 277 g/mol. The van der Waals surface area contributed by atoms with Crippen molar-refractivity contribution in [3.63, 3.8) is 0 Å². The predicted octanol–water partition coefficient (Wildman–Crippen LogP) is 3.44. The molecule has 20 heavy (non-hydrogen) atoms. The molecule has 1 N–H and O–H groups in total. The van der Waals surface area contributed by atoms with Crippen LogP contribution < -0.4 is 5.32 Å². The van der Waals surface area contributed by atoms with Gasteiger partial charge >= 0.3 is 0 Å². The first-order valence-corrected chi connectivity index (χ1v) is 8.36. The summed E-state index contributed by atoms with van der Waals surface area (Å²) in [5.41, 5.74) is 0. The van der Waals surface area contributed by atoms with Crippen LogP contribution in [-0.2, 0) is 6.42 Å². The molecule has 0 amide bonds. The number of likely N-dealkylation sites (N-methyl/N-ethyl adjacent to an activating group) is 1. The van der Waals surface area contributed by atoms with Crippen LogP contribution in [-0.4, -0.2) is 23.2 Å². The predicted molar refractivity (Wildman–Crippen MR) is 78.6 cm³/mol. The van der Waals surface area contributed by atoms with Crippen molar-refractivity contribution in [1.29, 1.82) is 0 Å². The summed E-state index contributed by atoms with van der Waals surface area (Å²) in [6.07, 6.45) is 12.8. The molecule has 0 saturated heterocycles. The van der Waals surface area contributed by atoms with Gasteiger partial charge in [-0.15, -0.1) is 0 Å². The molecule has 0 bridgehead atoms. The van der Waals surface area contributed by atoms with Gasteiger partial charge in [0.05, 0.1) is 0 Å². The van der Waals surface area contributed by atoms with Crippen LogP contribution in [0.4, 0.5) is 0 Å². The highest BCUT2D eigenvalue weighted by Gasteiger charge is 2.31. The molecular formula is C16H27N3O. The van der Waals surface area contributed by atoms with Gasteiger partial charge in [-0.2, -0.15) is 4.98 Å². The van der Waals surface area contributed by atoms with E-state index in [0.29, 0.717) is 12.0 Å². The van der Waals surface area contributed by atoms with Crippen LogP contribution in [0.2, 0.25) is 0 Å². The van der Waals surface area contributed by atoms with Crippen LogP contribution in [0.5, 0.6) is 0 Å². The van der Waals surface area contributed by atoms with Crippen molar-refractivity contribution in [2.75, 3.05) is 7.05 Å². The van der Waals surface area contributed by atoms with Gasteiger partial charge in [-0.1, -0.05) is 37.3 Å². The van der Waals surface area contributed by atoms with E-state index in [-0.39, 0.29) is 0 Å². The van der Waals surface area contributed by atoms with Crippen LogP contribution in [0.15, 0.2) is 4.52 Å². The first-order valence-electron chi connectivity index (χ1n) is 8.36. The fourth-order valence-corrected chi connectivity index (χ4v) is 3.42. The highest BCUT2D eigenvalue weighted by molar-refractivity contribution is 4.99. The molecule has 1 atom stereocenters. The van der Waals surface area contributed by atoms with Crippen molar-refractivity contribution in [3.8, 4) is 0 Å². The molecule has 2 aliphatic carbocycles. The second-order valence-corrected chi connectivity index (χ2v) is 6.53. The summed E-state index contributed by atoms with van der Waals surface area (Å²) in [6.45, 7) is 0. The van der Waals surface area contributed by atoms with E-state index in [2.05, 4.69) is 15.5 Å². The molecule has 0 radical (unpaired) electrons. The standard InChI is InChI=1S/C16H27N3O/c1-17-14(12-9-10-12)11-15-18-16(19-20-15)13-7-5-3-2-4-6-8-13/h12-14,17H,2-11H2,1H3. The number of hydrogen-bond acceptors (Lipinski definition) is 4. The molecule has 0 spiro atoms. The fraction of sp³-hybridized carbons (Fsp3) is 0.875. The third-order valence-corrected chi connectivity index (χ3v) is 4.91. The van der Waals surface area contributed by atoms with Gasteiger partial charge in [0.1, 0.15) is 0 Å². The van der Waals surface area contributed by atoms with E-state index in [1.54, 1.807) is 0 Å². The van der Waals surface area contributed by atoms with Gasteiger partial charge in [-0.3, -0.25) is 0 Å². The summed E-state index contributed by atoms with van der Waals surface area (Å²) in [5.74, 6) is 3.14. The molecule has 1 aromatic rings. The lowest BCUT2D eigenvalue weighted by atomic mass is 9.91. The van der Waals surface area contributed by atoms with Crippen molar-refractivity contribution in [2.24, 2.45) is 5.92 Å². The van der Waals surface area contributed by atoms with Crippen LogP contribution in [0.3, 0.4) is 0 Å². The molecule has 2 fully saturated rings. The van der Waals surface area contributed by atoms with E-state index in [1.165, 1.54) is 57.8 Å². The Morgan fingerprint density at radius 3 is 2.45 bits per heavy atom. The van der Waals surface area contributed by atoms with E-state index in [9.17, 15) is 0 Å². The normalized spacial score (nSPS) is 23.2. The molecular weight excluding hydrogens is 250 g/mol. The van der Waals surface area contributed by atoms with Crippen molar-refractivity contribution >= 4 is 0 Å². The minimum Gasteiger partial charge on any atom is -0.339 e. The molecule has 1 heterocycles. The zero-order chi connectivity index (χ0) is 13.8. The van der Waals surface area contributed by atoms with E-state index >= 15 is 0 Å². The van der Waals surface area contributed by atoms with Crippen molar-refractivity contribution in [3.05, 3.63) is 11.7 Å². The van der Waals surface area contributed by atoms with E-state index in [4.69, 9.17) is 4.52 Å². The first-order chi connectivity index (χ1) is 9.86. The maximum absolute atomic E-state index is 5.50. The molecule has 4 heteroatoms. The number of aromatic nitrogens is 2. The lowest BCUT2D eigenvalue weighted by Gasteiger charge is -2.16. The Kier molecular flexibility index (Phi) is 4.71. The van der Waals surface area contributed by atoms with Gasteiger partial charge in [0.25, 0.3) is 0 Å². The third kappa shape index (κ3) is 3.60. The second kappa shape index (κ2) is 6.70. The van der Waals surface area contributed by atoms with Crippen LogP contribution in [0.1, 0.15) is 75.4 Å². The van der Waals surface area contributed by atoms with Crippen LogP contribution in [0.25, 0.3) is 0 Å². The Labute approximate surface area is 121 Å². The minimum atomic E-state index is 0.514. The highest BCUT2D eigenvalue weighted by Crippen LogP contribution is 2.34. The molecule has 0 aromatic carbocycles. The van der Waals surface area contributed by atoms with Crippen molar-refractivity contribution in [2.45, 2.75) is 76.2 Å². The average molecular weight is 277 g/mol. The summed E-state index contributed by atoms with van der Waals surface area (Å²) < 4.78 is 5.50. The quantitative estimate of drug-likeness (QED) is 0.895. The third-order valence-electron chi connectivity index (χ3n) is 4.91. The minimum absolute atomic E-state index is 0.514. The maximum atomic E-state index is 5.50. The number of rotatable bonds is 5. The Bertz CT molecular complexity index is 406. The average Bonchev–Trinajstić information content (AvgIpc) is 3.16. The molecule has 1 aromatic heterocycles. The maximum Gasteiger partial charge on any atom is 0.228 e. The van der Waals surface area contributed by atoms with Crippen LogP contribution in [0, 0.1) is 5.92 Å². The van der Waals surface area contributed by atoms with E-state index < -0.39 is 0 Å². The summed E-state index contributed by atoms with van der Waals surface area (Å²) in [5, 5.41) is 7.66. The summed E-state index contributed by atoms with van der Waals surface area (Å²) in [4.78, 5) is 4.69. The zero-order valence-corrected chi connectivity index (χ0v) is 12.6. The molecule has 2 aliphatic rings. The summed E-state index contributed by atoms with van der Waals surface area (Å²) in [6, 6.07) is 0.514. The van der Waals surface area contributed by atoms with Gasteiger partial charge in [0, 0.05) is 18.4 Å². The van der Waals surface area contributed by atoms with Crippen LogP contribution >= 0.6 is 0 Å². The van der Waals surface area contributed by atoms with Gasteiger partial charge < -0.3 is 9.84 Å². The van der Waals surface area contributed by atoms with Gasteiger partial charge in [0.15, 0.2) is 5.82 Å².